The molecule has 4 N–H and O–H groups in total. The number of nitrogens with one attached hydrogen (secondary N) is 1. The van der Waals surface area contributed by atoms with E-state index in [0.717, 1.165) is 6.07 Å². The Hall–Kier alpha value is -2.28. The number of aromatic carboxylic acids is 1. The molecule has 1 aromatic rings. The molecule has 1 aromatic carbocycles. The van der Waals surface area contributed by atoms with Gasteiger partial charge in [0, 0.05) is 6.54 Å². The SMILES string of the molecule is CC1(O)CCCN(C(=O)Nc2ccc(C(=O)O)cc2O)C1. The largest absolute Gasteiger partial charge is 0.506 e. The van der Waals surface area contributed by atoms with Crippen molar-refractivity contribution in [1.82, 2.24) is 4.90 Å². The van der Waals surface area contributed by atoms with Gasteiger partial charge in [-0.1, -0.05) is 0 Å². The number of carboxylic acid groups (broad SMARTS) is 1. The molecule has 7 heteroatoms. The zero-order valence-electron chi connectivity index (χ0n) is 11.7. The van der Waals surface area contributed by atoms with E-state index < -0.39 is 17.6 Å². The number of hydrogen-bond donors (Lipinski definition) is 4. The standard InChI is InChI=1S/C14H18N2O5/c1-14(21)5-2-6-16(8-14)13(20)15-10-4-3-9(12(18)19)7-11(10)17/h3-4,7,17,21H,2,5-6,8H2,1H3,(H,15,20)(H,18,19). The van der Waals surface area contributed by atoms with E-state index in [0.29, 0.717) is 19.4 Å². The number of nitrogens with zero attached hydrogens (tertiary/aromatic N) is 1. The number of likely N-dealkylation sites (tertiary alicyclic amines) is 1. The lowest BCUT2D eigenvalue weighted by Gasteiger charge is -2.36. The molecule has 1 unspecified atom stereocenters. The van der Waals surface area contributed by atoms with Crippen LogP contribution in [0, 0.1) is 0 Å². The third-order valence-corrected chi connectivity index (χ3v) is 3.45. The number of carboxylic acids is 1. The van der Waals surface area contributed by atoms with Gasteiger partial charge in [-0.2, -0.15) is 0 Å². The number of hydrogen-bond acceptors (Lipinski definition) is 4. The Morgan fingerprint density at radius 1 is 1.38 bits per heavy atom. The molecule has 1 heterocycles. The summed E-state index contributed by atoms with van der Waals surface area (Å²) >= 11 is 0. The maximum absolute atomic E-state index is 12.1. The van der Waals surface area contributed by atoms with E-state index in [2.05, 4.69) is 5.32 Å². The summed E-state index contributed by atoms with van der Waals surface area (Å²) in [5, 5.41) is 31.0. The second-order valence-corrected chi connectivity index (χ2v) is 5.49. The highest BCUT2D eigenvalue weighted by Gasteiger charge is 2.31. The normalized spacial score (nSPS) is 21.9. The summed E-state index contributed by atoms with van der Waals surface area (Å²) in [5.41, 5.74) is -0.841. The van der Waals surface area contributed by atoms with E-state index in [1.54, 1.807) is 6.92 Å². The molecular formula is C14H18N2O5. The van der Waals surface area contributed by atoms with Crippen LogP contribution in [0.15, 0.2) is 18.2 Å². The van der Waals surface area contributed by atoms with Gasteiger partial charge in [-0.05, 0) is 38.0 Å². The molecule has 7 nitrogen and oxygen atoms in total. The van der Waals surface area contributed by atoms with Crippen molar-refractivity contribution in [2.75, 3.05) is 18.4 Å². The Labute approximate surface area is 121 Å². The molecule has 2 amide bonds. The van der Waals surface area contributed by atoms with Crippen molar-refractivity contribution in [3.8, 4) is 5.75 Å². The first-order chi connectivity index (χ1) is 9.78. The number of piperidine rings is 1. The van der Waals surface area contributed by atoms with Gasteiger partial charge in [0.05, 0.1) is 23.4 Å². The van der Waals surface area contributed by atoms with E-state index in [-0.39, 0.29) is 23.5 Å². The third kappa shape index (κ3) is 3.63. The van der Waals surface area contributed by atoms with Crippen LogP contribution in [-0.2, 0) is 0 Å². The average Bonchev–Trinajstić information content (AvgIpc) is 2.39. The number of aromatic hydroxyl groups is 1. The first-order valence-corrected chi connectivity index (χ1v) is 6.63. The number of β-amino-alcohol motifs (C(OH)–C–C–N with tert-alkyl or cyclic N) is 1. The van der Waals surface area contributed by atoms with Crippen molar-refractivity contribution in [3.05, 3.63) is 23.8 Å². The lowest BCUT2D eigenvalue weighted by atomic mass is 9.95. The number of aliphatic hydroxyl groups is 1. The van der Waals surface area contributed by atoms with Crippen molar-refractivity contribution >= 4 is 17.7 Å². The zero-order chi connectivity index (χ0) is 15.6. The van der Waals surface area contributed by atoms with Crippen LogP contribution in [0.2, 0.25) is 0 Å². The molecule has 1 aliphatic heterocycles. The van der Waals surface area contributed by atoms with Gasteiger partial charge in [0.15, 0.2) is 0 Å². The summed E-state index contributed by atoms with van der Waals surface area (Å²) in [7, 11) is 0. The number of urea groups is 1. The molecule has 1 atom stereocenters. The van der Waals surface area contributed by atoms with Gasteiger partial charge in [0.1, 0.15) is 5.75 Å². The fourth-order valence-corrected chi connectivity index (χ4v) is 2.36. The minimum absolute atomic E-state index is 0.0635. The van der Waals surface area contributed by atoms with Crippen molar-refractivity contribution in [2.24, 2.45) is 0 Å². The summed E-state index contributed by atoms with van der Waals surface area (Å²) in [4.78, 5) is 24.3. The van der Waals surface area contributed by atoms with Crippen LogP contribution in [0.5, 0.6) is 5.75 Å². The van der Waals surface area contributed by atoms with Gasteiger partial charge in [-0.25, -0.2) is 9.59 Å². The smallest absolute Gasteiger partial charge is 0.335 e. The fraction of sp³-hybridized carbons (Fsp3) is 0.429. The van der Waals surface area contributed by atoms with Crippen LogP contribution in [0.25, 0.3) is 0 Å². The Bertz CT molecular complexity index is 570. The Morgan fingerprint density at radius 2 is 2.10 bits per heavy atom. The summed E-state index contributed by atoms with van der Waals surface area (Å²) in [6.45, 7) is 2.41. The van der Waals surface area contributed by atoms with Gasteiger partial charge in [0.2, 0.25) is 0 Å². The summed E-state index contributed by atoms with van der Waals surface area (Å²) < 4.78 is 0. The Morgan fingerprint density at radius 3 is 2.67 bits per heavy atom. The van der Waals surface area contributed by atoms with Crippen LogP contribution >= 0.6 is 0 Å². The minimum atomic E-state index is -1.16. The van der Waals surface area contributed by atoms with Crippen LogP contribution in [0.3, 0.4) is 0 Å². The molecule has 0 aliphatic carbocycles. The molecule has 1 saturated heterocycles. The second-order valence-electron chi connectivity index (χ2n) is 5.49. The quantitative estimate of drug-likeness (QED) is 0.617. The molecule has 2 rings (SSSR count). The lowest BCUT2D eigenvalue weighted by molar-refractivity contribution is -0.000641. The molecule has 0 aromatic heterocycles. The maximum atomic E-state index is 12.1. The monoisotopic (exact) mass is 294 g/mol. The first-order valence-electron chi connectivity index (χ1n) is 6.63. The van der Waals surface area contributed by atoms with Crippen LogP contribution in [0.4, 0.5) is 10.5 Å². The van der Waals surface area contributed by atoms with E-state index in [9.17, 15) is 19.8 Å². The third-order valence-electron chi connectivity index (χ3n) is 3.45. The highest BCUT2D eigenvalue weighted by molar-refractivity contribution is 5.93. The number of phenols is 1. The number of carbonyl (C=O) groups excluding carboxylic acids is 1. The average molecular weight is 294 g/mol. The van der Waals surface area contributed by atoms with E-state index >= 15 is 0 Å². The highest BCUT2D eigenvalue weighted by Crippen LogP contribution is 2.26. The van der Waals surface area contributed by atoms with Gasteiger partial charge < -0.3 is 25.5 Å². The van der Waals surface area contributed by atoms with Crippen molar-refractivity contribution in [3.63, 3.8) is 0 Å². The van der Waals surface area contributed by atoms with Gasteiger partial charge in [0.25, 0.3) is 0 Å². The summed E-state index contributed by atoms with van der Waals surface area (Å²) in [6.07, 6.45) is 1.33. The molecule has 1 fully saturated rings. The molecule has 1 aliphatic rings. The number of anilines is 1. The Balaban J connectivity index is 2.07. The lowest BCUT2D eigenvalue weighted by Crippen LogP contribution is -2.49. The maximum Gasteiger partial charge on any atom is 0.335 e. The first kappa shape index (κ1) is 15.1. The second kappa shape index (κ2) is 5.61. The predicted molar refractivity (Wildman–Crippen MR) is 75.5 cm³/mol. The summed E-state index contributed by atoms with van der Waals surface area (Å²) in [5.74, 6) is -1.47. The predicted octanol–water partition coefficient (Wildman–Crippen LogP) is 1.47. The van der Waals surface area contributed by atoms with Gasteiger partial charge in [-0.3, -0.25) is 0 Å². The molecule has 0 spiro atoms. The zero-order valence-corrected chi connectivity index (χ0v) is 11.7. The van der Waals surface area contributed by atoms with Crippen LogP contribution in [-0.4, -0.2) is 50.9 Å². The summed E-state index contributed by atoms with van der Waals surface area (Å²) in [6, 6.07) is 3.26. The van der Waals surface area contributed by atoms with E-state index in [1.165, 1.54) is 17.0 Å². The number of carbonyl (C=O) groups is 2. The molecule has 0 saturated carbocycles. The van der Waals surface area contributed by atoms with Gasteiger partial charge >= 0.3 is 12.0 Å². The molecule has 0 bridgehead atoms. The number of benzene rings is 1. The van der Waals surface area contributed by atoms with E-state index in [4.69, 9.17) is 5.11 Å². The molecular weight excluding hydrogens is 276 g/mol. The number of rotatable bonds is 2. The van der Waals surface area contributed by atoms with Crippen molar-refractivity contribution < 1.29 is 24.9 Å². The molecule has 0 radical (unpaired) electrons. The van der Waals surface area contributed by atoms with Crippen molar-refractivity contribution in [1.29, 1.82) is 0 Å². The van der Waals surface area contributed by atoms with E-state index in [1.807, 2.05) is 0 Å². The van der Waals surface area contributed by atoms with Gasteiger partial charge in [-0.15, -0.1) is 0 Å². The molecule has 21 heavy (non-hydrogen) atoms. The number of phenolic OH excluding ortho intramolecular Hbond substituents is 1. The Kier molecular flexibility index (Phi) is 4.04. The highest BCUT2D eigenvalue weighted by atomic mass is 16.4. The minimum Gasteiger partial charge on any atom is -0.506 e. The van der Waals surface area contributed by atoms with Crippen molar-refractivity contribution in [2.45, 2.75) is 25.4 Å². The topological polar surface area (TPSA) is 110 Å². The number of amides is 2. The van der Waals surface area contributed by atoms with Crippen LogP contribution in [0.1, 0.15) is 30.1 Å². The fourth-order valence-electron chi connectivity index (χ4n) is 2.36. The van der Waals surface area contributed by atoms with Crippen LogP contribution < -0.4 is 5.32 Å². The molecule has 114 valence electrons.